The van der Waals surface area contributed by atoms with Gasteiger partial charge in [-0.25, -0.2) is 4.79 Å². The van der Waals surface area contributed by atoms with E-state index < -0.39 is 5.54 Å². The lowest BCUT2D eigenvalue weighted by molar-refractivity contribution is -0.153. The lowest BCUT2D eigenvalue weighted by atomic mass is 9.91. The van der Waals surface area contributed by atoms with E-state index in [4.69, 9.17) is 4.74 Å². The van der Waals surface area contributed by atoms with E-state index in [9.17, 15) is 4.79 Å². The lowest BCUT2D eigenvalue weighted by Gasteiger charge is -2.38. The van der Waals surface area contributed by atoms with Crippen molar-refractivity contribution in [3.63, 3.8) is 0 Å². The third kappa shape index (κ3) is 3.26. The molecule has 3 fully saturated rings. The second kappa shape index (κ2) is 5.88. The van der Waals surface area contributed by atoms with E-state index in [0.717, 1.165) is 31.8 Å². The fourth-order valence-electron chi connectivity index (χ4n) is 3.94. The fraction of sp³-hybridized carbons (Fsp3) is 0.941. The third-order valence-corrected chi connectivity index (χ3v) is 5.32. The Morgan fingerprint density at radius 3 is 2.48 bits per heavy atom. The van der Waals surface area contributed by atoms with Crippen molar-refractivity contribution in [1.29, 1.82) is 0 Å². The second-order valence-electron chi connectivity index (χ2n) is 7.50. The summed E-state index contributed by atoms with van der Waals surface area (Å²) in [6.07, 6.45) is 5.99. The molecule has 1 aliphatic heterocycles. The number of hydrogen-bond donors (Lipinski definition) is 1. The summed E-state index contributed by atoms with van der Waals surface area (Å²) < 4.78 is 5.48. The molecule has 120 valence electrons. The van der Waals surface area contributed by atoms with Crippen LogP contribution in [0.5, 0.6) is 0 Å². The zero-order valence-corrected chi connectivity index (χ0v) is 13.7. The number of carbonyl (C=O) groups excluding carboxylic acids is 1. The molecule has 1 heterocycles. The molecule has 3 aliphatic rings. The Hall–Kier alpha value is -0.610. The van der Waals surface area contributed by atoms with Crippen molar-refractivity contribution >= 4 is 5.97 Å². The van der Waals surface area contributed by atoms with Gasteiger partial charge in [-0.05, 0) is 57.8 Å². The van der Waals surface area contributed by atoms with E-state index in [-0.39, 0.29) is 5.97 Å². The summed E-state index contributed by atoms with van der Waals surface area (Å²) in [4.78, 5) is 15.3. The highest BCUT2D eigenvalue weighted by atomic mass is 16.5. The summed E-state index contributed by atoms with van der Waals surface area (Å²) in [5, 5.41) is 3.70. The van der Waals surface area contributed by atoms with E-state index in [0.29, 0.717) is 24.6 Å². The largest absolute Gasteiger partial charge is 0.465 e. The molecule has 1 N–H and O–H groups in total. The van der Waals surface area contributed by atoms with Crippen molar-refractivity contribution < 1.29 is 9.53 Å². The van der Waals surface area contributed by atoms with Crippen molar-refractivity contribution in [2.24, 2.45) is 11.8 Å². The fourth-order valence-corrected chi connectivity index (χ4v) is 3.94. The van der Waals surface area contributed by atoms with Crippen LogP contribution in [0.1, 0.15) is 52.9 Å². The summed E-state index contributed by atoms with van der Waals surface area (Å²) in [7, 11) is 0. The van der Waals surface area contributed by atoms with Crippen molar-refractivity contribution in [2.75, 3.05) is 19.7 Å². The van der Waals surface area contributed by atoms with E-state index >= 15 is 0 Å². The Kier molecular flexibility index (Phi) is 4.28. The minimum atomic E-state index is -0.449. The average molecular weight is 294 g/mol. The van der Waals surface area contributed by atoms with Crippen LogP contribution < -0.4 is 5.32 Å². The van der Waals surface area contributed by atoms with Crippen LogP contribution in [0.25, 0.3) is 0 Å². The quantitative estimate of drug-likeness (QED) is 0.731. The first-order chi connectivity index (χ1) is 10.0. The van der Waals surface area contributed by atoms with Gasteiger partial charge in [0, 0.05) is 25.2 Å². The maximum atomic E-state index is 12.8. The molecule has 3 rings (SSSR count). The van der Waals surface area contributed by atoms with E-state index in [1.54, 1.807) is 0 Å². The standard InChI is InChI=1S/C17H30N2O2/c1-4-21-16(20)17(14-5-6-14,18-15-7-8-15)11-19-10-12(2)9-13(19)3/h12-15,18H,4-11H2,1-3H3. The summed E-state index contributed by atoms with van der Waals surface area (Å²) in [5.74, 6) is 1.20. The maximum Gasteiger partial charge on any atom is 0.327 e. The van der Waals surface area contributed by atoms with Crippen LogP contribution in [-0.4, -0.2) is 48.2 Å². The van der Waals surface area contributed by atoms with Gasteiger partial charge in [-0.15, -0.1) is 0 Å². The monoisotopic (exact) mass is 294 g/mol. The second-order valence-corrected chi connectivity index (χ2v) is 7.50. The minimum Gasteiger partial charge on any atom is -0.465 e. The first-order valence-corrected chi connectivity index (χ1v) is 8.74. The van der Waals surface area contributed by atoms with Gasteiger partial charge in [-0.2, -0.15) is 0 Å². The first-order valence-electron chi connectivity index (χ1n) is 8.74. The molecular weight excluding hydrogens is 264 g/mol. The Morgan fingerprint density at radius 1 is 1.29 bits per heavy atom. The summed E-state index contributed by atoms with van der Waals surface area (Å²) in [5.41, 5.74) is -0.449. The summed E-state index contributed by atoms with van der Waals surface area (Å²) in [6.45, 7) is 8.94. The van der Waals surface area contributed by atoms with Crippen molar-refractivity contribution in [2.45, 2.75) is 70.5 Å². The molecule has 0 amide bonds. The van der Waals surface area contributed by atoms with Crippen LogP contribution in [0.2, 0.25) is 0 Å². The van der Waals surface area contributed by atoms with Gasteiger partial charge in [-0.3, -0.25) is 10.2 Å². The molecule has 2 aliphatic carbocycles. The molecule has 4 heteroatoms. The molecular formula is C17H30N2O2. The SMILES string of the molecule is CCOC(=O)C(CN1CC(C)CC1C)(NC1CC1)C1CC1. The van der Waals surface area contributed by atoms with Gasteiger partial charge in [0.2, 0.25) is 0 Å². The van der Waals surface area contributed by atoms with Gasteiger partial charge in [0.25, 0.3) is 0 Å². The van der Waals surface area contributed by atoms with Crippen LogP contribution in [0.15, 0.2) is 0 Å². The Labute approximate surface area is 128 Å². The molecule has 0 spiro atoms. The van der Waals surface area contributed by atoms with Crippen LogP contribution in [0, 0.1) is 11.8 Å². The van der Waals surface area contributed by atoms with Crippen LogP contribution in [0.4, 0.5) is 0 Å². The molecule has 3 atom stereocenters. The number of nitrogens with one attached hydrogen (secondary N) is 1. The molecule has 0 radical (unpaired) electrons. The van der Waals surface area contributed by atoms with Crippen molar-refractivity contribution in [3.8, 4) is 0 Å². The number of rotatable bonds is 7. The molecule has 4 nitrogen and oxygen atoms in total. The van der Waals surface area contributed by atoms with Gasteiger partial charge < -0.3 is 4.74 Å². The molecule has 2 saturated carbocycles. The highest BCUT2D eigenvalue weighted by molar-refractivity contribution is 5.82. The maximum absolute atomic E-state index is 12.8. The lowest BCUT2D eigenvalue weighted by Crippen LogP contribution is -2.62. The highest BCUT2D eigenvalue weighted by Gasteiger charge is 2.55. The molecule has 0 aromatic heterocycles. The summed E-state index contributed by atoms with van der Waals surface area (Å²) in [6, 6.07) is 1.11. The molecule has 0 bridgehead atoms. The van der Waals surface area contributed by atoms with Crippen molar-refractivity contribution in [3.05, 3.63) is 0 Å². The number of nitrogens with zero attached hydrogens (tertiary/aromatic N) is 1. The summed E-state index contributed by atoms with van der Waals surface area (Å²) >= 11 is 0. The molecule has 1 saturated heterocycles. The molecule has 0 aromatic carbocycles. The topological polar surface area (TPSA) is 41.6 Å². The van der Waals surface area contributed by atoms with Crippen molar-refractivity contribution in [1.82, 2.24) is 10.2 Å². The Bertz CT molecular complexity index is 392. The number of carbonyl (C=O) groups is 1. The normalized spacial score (nSPS) is 32.9. The smallest absolute Gasteiger partial charge is 0.327 e. The minimum absolute atomic E-state index is 0.00819. The number of hydrogen-bond acceptors (Lipinski definition) is 4. The first kappa shape index (κ1) is 15.3. The zero-order valence-electron chi connectivity index (χ0n) is 13.7. The van der Waals surface area contributed by atoms with Gasteiger partial charge in [-0.1, -0.05) is 6.92 Å². The van der Waals surface area contributed by atoms with Gasteiger partial charge in [0.05, 0.1) is 6.61 Å². The van der Waals surface area contributed by atoms with E-state index in [2.05, 4.69) is 24.1 Å². The predicted molar refractivity (Wildman–Crippen MR) is 83.1 cm³/mol. The van der Waals surface area contributed by atoms with Gasteiger partial charge in [0.1, 0.15) is 5.54 Å². The van der Waals surface area contributed by atoms with Gasteiger partial charge >= 0.3 is 5.97 Å². The number of esters is 1. The zero-order chi connectivity index (χ0) is 15.0. The molecule has 0 aromatic rings. The Balaban J connectivity index is 1.78. The molecule has 21 heavy (non-hydrogen) atoms. The third-order valence-electron chi connectivity index (χ3n) is 5.32. The number of likely N-dealkylation sites (tertiary alicyclic amines) is 1. The van der Waals surface area contributed by atoms with E-state index in [1.807, 2.05) is 6.92 Å². The van der Waals surface area contributed by atoms with E-state index in [1.165, 1.54) is 19.3 Å². The highest BCUT2D eigenvalue weighted by Crippen LogP contribution is 2.43. The van der Waals surface area contributed by atoms with Crippen LogP contribution in [-0.2, 0) is 9.53 Å². The number of ether oxygens (including phenoxy) is 1. The van der Waals surface area contributed by atoms with Crippen LogP contribution in [0.3, 0.4) is 0 Å². The van der Waals surface area contributed by atoms with Crippen LogP contribution >= 0.6 is 0 Å². The Morgan fingerprint density at radius 2 is 2.00 bits per heavy atom. The van der Waals surface area contributed by atoms with Gasteiger partial charge in [0.15, 0.2) is 0 Å². The predicted octanol–water partition coefficient (Wildman–Crippen LogP) is 2.18. The molecule has 3 unspecified atom stereocenters. The average Bonchev–Trinajstić information content (AvgIpc) is 3.31.